The fourth-order valence-corrected chi connectivity index (χ4v) is 2.71. The molecule has 0 fully saturated rings. The third kappa shape index (κ3) is 3.83. The fraction of sp³-hybridized carbons (Fsp3) is 0.267. The molecule has 1 amide bonds. The van der Waals surface area contributed by atoms with E-state index in [1.165, 1.54) is 9.75 Å². The molecule has 1 aromatic heterocycles. The molecule has 2 aromatic rings. The Kier molecular flexibility index (Phi) is 4.58. The third-order valence-electron chi connectivity index (χ3n) is 2.78. The van der Waals surface area contributed by atoms with E-state index in [1.807, 2.05) is 24.3 Å². The van der Waals surface area contributed by atoms with Crippen LogP contribution in [-0.4, -0.2) is 13.0 Å². The highest BCUT2D eigenvalue weighted by Crippen LogP contribution is 2.23. The zero-order valence-corrected chi connectivity index (χ0v) is 11.9. The molecule has 0 saturated carbocycles. The molecule has 0 aliphatic rings. The Morgan fingerprint density at radius 1 is 1.26 bits per heavy atom. The van der Waals surface area contributed by atoms with Gasteiger partial charge in [0, 0.05) is 16.2 Å². The van der Waals surface area contributed by atoms with Crippen molar-refractivity contribution in [3.05, 3.63) is 46.2 Å². The third-order valence-corrected chi connectivity index (χ3v) is 3.84. The predicted octanol–water partition coefficient (Wildman–Crippen LogP) is 3.64. The van der Waals surface area contributed by atoms with Crippen molar-refractivity contribution < 1.29 is 9.53 Å². The summed E-state index contributed by atoms with van der Waals surface area (Å²) in [5, 5.41) is 2.88. The van der Waals surface area contributed by atoms with Crippen LogP contribution in [0.5, 0.6) is 5.75 Å². The minimum Gasteiger partial charge on any atom is -0.495 e. The molecule has 0 spiro atoms. The first-order valence-electron chi connectivity index (χ1n) is 6.17. The molecule has 0 radical (unpaired) electrons. The number of anilines is 1. The van der Waals surface area contributed by atoms with Crippen LogP contribution in [0.3, 0.4) is 0 Å². The molecular weight excluding hydrogens is 258 g/mol. The summed E-state index contributed by atoms with van der Waals surface area (Å²) >= 11 is 1.74. The topological polar surface area (TPSA) is 38.3 Å². The van der Waals surface area contributed by atoms with Gasteiger partial charge in [-0.15, -0.1) is 11.3 Å². The van der Waals surface area contributed by atoms with Crippen molar-refractivity contribution in [1.29, 1.82) is 0 Å². The van der Waals surface area contributed by atoms with Gasteiger partial charge in [-0.2, -0.15) is 0 Å². The summed E-state index contributed by atoms with van der Waals surface area (Å²) in [7, 11) is 1.60. The van der Waals surface area contributed by atoms with Gasteiger partial charge in [0.15, 0.2) is 0 Å². The van der Waals surface area contributed by atoms with E-state index in [0.717, 1.165) is 12.1 Å². The lowest BCUT2D eigenvalue weighted by Gasteiger charge is -2.09. The van der Waals surface area contributed by atoms with Crippen LogP contribution in [0.2, 0.25) is 0 Å². The van der Waals surface area contributed by atoms with E-state index >= 15 is 0 Å². The van der Waals surface area contributed by atoms with Crippen molar-refractivity contribution in [3.63, 3.8) is 0 Å². The molecule has 0 bridgehead atoms. The van der Waals surface area contributed by atoms with E-state index < -0.39 is 0 Å². The van der Waals surface area contributed by atoms with Gasteiger partial charge in [-0.1, -0.05) is 12.1 Å². The van der Waals surface area contributed by atoms with Gasteiger partial charge in [0.2, 0.25) is 5.91 Å². The molecule has 1 N–H and O–H groups in total. The number of amides is 1. The summed E-state index contributed by atoms with van der Waals surface area (Å²) in [4.78, 5) is 14.4. The van der Waals surface area contributed by atoms with Crippen molar-refractivity contribution in [3.8, 4) is 5.75 Å². The van der Waals surface area contributed by atoms with E-state index in [1.54, 1.807) is 18.4 Å². The molecule has 2 rings (SSSR count). The molecule has 0 aliphatic heterocycles. The highest BCUT2D eigenvalue weighted by atomic mass is 32.1. The zero-order valence-electron chi connectivity index (χ0n) is 11.1. The molecule has 4 heteroatoms. The standard InChI is InChI=1S/C15H17NO2S/c1-11-7-8-12(19-11)9-10-15(17)16-13-5-3-4-6-14(13)18-2/h3-8H,9-10H2,1-2H3,(H,16,17). The number of hydrogen-bond acceptors (Lipinski definition) is 3. The van der Waals surface area contributed by atoms with Gasteiger partial charge in [-0.3, -0.25) is 4.79 Å². The first kappa shape index (κ1) is 13.6. The number of ether oxygens (including phenoxy) is 1. The fourth-order valence-electron chi connectivity index (χ4n) is 1.82. The van der Waals surface area contributed by atoms with Crippen molar-refractivity contribution in [2.75, 3.05) is 12.4 Å². The number of aryl methyl sites for hydroxylation is 2. The van der Waals surface area contributed by atoms with Crippen LogP contribution in [0.25, 0.3) is 0 Å². The minimum atomic E-state index is 0.00977. The minimum absolute atomic E-state index is 0.00977. The van der Waals surface area contributed by atoms with E-state index in [0.29, 0.717) is 12.2 Å². The van der Waals surface area contributed by atoms with Crippen molar-refractivity contribution in [2.24, 2.45) is 0 Å². The summed E-state index contributed by atoms with van der Waals surface area (Å²) in [6.07, 6.45) is 1.26. The van der Waals surface area contributed by atoms with Crippen LogP contribution in [0, 0.1) is 6.92 Å². The summed E-state index contributed by atoms with van der Waals surface area (Å²) in [6.45, 7) is 2.07. The molecule has 0 unspecified atom stereocenters. The Bertz CT molecular complexity index is 563. The molecule has 0 atom stereocenters. The maximum atomic E-state index is 11.9. The number of nitrogens with one attached hydrogen (secondary N) is 1. The van der Waals surface area contributed by atoms with E-state index in [-0.39, 0.29) is 5.91 Å². The summed E-state index contributed by atoms with van der Waals surface area (Å²) in [6, 6.07) is 11.6. The van der Waals surface area contributed by atoms with Crippen molar-refractivity contribution in [2.45, 2.75) is 19.8 Å². The van der Waals surface area contributed by atoms with E-state index in [2.05, 4.69) is 24.4 Å². The number of benzene rings is 1. The lowest BCUT2D eigenvalue weighted by molar-refractivity contribution is -0.116. The van der Waals surface area contributed by atoms with Gasteiger partial charge in [0.1, 0.15) is 5.75 Å². The normalized spacial score (nSPS) is 10.2. The molecule has 1 aromatic carbocycles. The molecular formula is C15H17NO2S. The number of rotatable bonds is 5. The number of hydrogen-bond donors (Lipinski definition) is 1. The Labute approximate surface area is 117 Å². The lowest BCUT2D eigenvalue weighted by atomic mass is 10.2. The van der Waals surface area contributed by atoms with Gasteiger partial charge >= 0.3 is 0 Å². The highest BCUT2D eigenvalue weighted by molar-refractivity contribution is 7.11. The molecule has 100 valence electrons. The van der Waals surface area contributed by atoms with Crippen LogP contribution in [-0.2, 0) is 11.2 Å². The highest BCUT2D eigenvalue weighted by Gasteiger charge is 2.07. The van der Waals surface area contributed by atoms with E-state index in [4.69, 9.17) is 4.74 Å². The Balaban J connectivity index is 1.90. The molecule has 0 saturated heterocycles. The maximum absolute atomic E-state index is 11.9. The van der Waals surface area contributed by atoms with Crippen molar-refractivity contribution in [1.82, 2.24) is 0 Å². The Hall–Kier alpha value is -1.81. The van der Waals surface area contributed by atoms with Crippen LogP contribution in [0.1, 0.15) is 16.2 Å². The van der Waals surface area contributed by atoms with Crippen LogP contribution in [0.15, 0.2) is 36.4 Å². The average molecular weight is 275 g/mol. The SMILES string of the molecule is COc1ccccc1NC(=O)CCc1ccc(C)s1. The number of carbonyl (C=O) groups excluding carboxylic acids is 1. The van der Waals surface area contributed by atoms with Crippen molar-refractivity contribution >= 4 is 22.9 Å². The van der Waals surface area contributed by atoms with E-state index in [9.17, 15) is 4.79 Å². The first-order valence-corrected chi connectivity index (χ1v) is 6.99. The second-order valence-corrected chi connectivity index (χ2v) is 5.63. The largest absolute Gasteiger partial charge is 0.495 e. The molecule has 1 heterocycles. The number of methoxy groups -OCH3 is 1. The van der Waals surface area contributed by atoms with Gasteiger partial charge in [-0.05, 0) is 37.6 Å². The van der Waals surface area contributed by atoms with Gasteiger partial charge in [0.05, 0.1) is 12.8 Å². The molecule has 19 heavy (non-hydrogen) atoms. The molecule has 3 nitrogen and oxygen atoms in total. The summed E-state index contributed by atoms with van der Waals surface area (Å²) in [5.74, 6) is 0.693. The number of carbonyl (C=O) groups is 1. The number of thiophene rings is 1. The number of para-hydroxylation sites is 2. The van der Waals surface area contributed by atoms with Crippen LogP contribution >= 0.6 is 11.3 Å². The summed E-state index contributed by atoms with van der Waals surface area (Å²) < 4.78 is 5.20. The Morgan fingerprint density at radius 2 is 2.05 bits per heavy atom. The molecule has 0 aliphatic carbocycles. The first-order chi connectivity index (χ1) is 9.19. The predicted molar refractivity (Wildman–Crippen MR) is 79.0 cm³/mol. The second kappa shape index (κ2) is 6.38. The average Bonchev–Trinajstić information content (AvgIpc) is 2.83. The van der Waals surface area contributed by atoms with Crippen LogP contribution < -0.4 is 10.1 Å². The van der Waals surface area contributed by atoms with Crippen LogP contribution in [0.4, 0.5) is 5.69 Å². The quantitative estimate of drug-likeness (QED) is 0.904. The Morgan fingerprint density at radius 3 is 2.74 bits per heavy atom. The second-order valence-electron chi connectivity index (χ2n) is 4.26. The summed E-state index contributed by atoms with van der Waals surface area (Å²) in [5.41, 5.74) is 0.720. The van der Waals surface area contributed by atoms with Gasteiger partial charge in [0.25, 0.3) is 0 Å². The smallest absolute Gasteiger partial charge is 0.224 e. The lowest BCUT2D eigenvalue weighted by Crippen LogP contribution is -2.12. The maximum Gasteiger partial charge on any atom is 0.224 e. The van der Waals surface area contributed by atoms with Gasteiger partial charge in [-0.25, -0.2) is 0 Å². The van der Waals surface area contributed by atoms with Gasteiger partial charge < -0.3 is 10.1 Å². The monoisotopic (exact) mass is 275 g/mol. The zero-order chi connectivity index (χ0) is 13.7.